The summed E-state index contributed by atoms with van der Waals surface area (Å²) in [5, 5.41) is 3.02. The Labute approximate surface area is 119 Å². The van der Waals surface area contributed by atoms with Crippen LogP contribution in [-0.4, -0.2) is 18.5 Å². The van der Waals surface area contributed by atoms with Gasteiger partial charge in [-0.25, -0.2) is 0 Å². The van der Waals surface area contributed by atoms with Crippen molar-refractivity contribution in [3.8, 4) is 11.8 Å². The van der Waals surface area contributed by atoms with Crippen molar-refractivity contribution in [2.45, 2.75) is 45.6 Å². The molecule has 0 saturated heterocycles. The van der Waals surface area contributed by atoms with Gasteiger partial charge in [0.1, 0.15) is 0 Å². The molecular formula is C15H22N2OS. The molecule has 104 valence electrons. The van der Waals surface area contributed by atoms with Crippen LogP contribution in [0.25, 0.3) is 0 Å². The maximum atomic E-state index is 12.0. The third-order valence-electron chi connectivity index (χ3n) is 2.76. The first-order chi connectivity index (χ1) is 9.17. The molecule has 19 heavy (non-hydrogen) atoms. The molecule has 1 unspecified atom stereocenters. The largest absolute Gasteiger partial charge is 0.349 e. The molecule has 3 N–H and O–H groups in total. The van der Waals surface area contributed by atoms with Crippen molar-refractivity contribution < 1.29 is 4.79 Å². The molecule has 1 aromatic rings. The van der Waals surface area contributed by atoms with Crippen molar-refractivity contribution >= 4 is 17.2 Å². The Balaban J connectivity index is 2.46. The zero-order valence-corrected chi connectivity index (χ0v) is 12.5. The number of carbonyl (C=O) groups excluding carboxylic acids is 1. The van der Waals surface area contributed by atoms with Gasteiger partial charge in [-0.1, -0.05) is 38.0 Å². The number of hydrogen-bond acceptors (Lipinski definition) is 3. The lowest BCUT2D eigenvalue weighted by Crippen LogP contribution is -2.31. The SMILES string of the molecule is CCCCCC(C)NC(=O)c1ccc(C#CCN)s1. The highest BCUT2D eigenvalue weighted by Gasteiger charge is 2.11. The molecule has 0 saturated carbocycles. The van der Waals surface area contributed by atoms with Crippen LogP contribution in [0.3, 0.4) is 0 Å². The van der Waals surface area contributed by atoms with Crippen LogP contribution in [0.4, 0.5) is 0 Å². The standard InChI is InChI=1S/C15H22N2OS/c1-3-4-5-7-12(2)17-15(18)14-10-9-13(19-14)8-6-11-16/h9-10,12H,3-5,7,11,16H2,1-2H3,(H,17,18). The van der Waals surface area contributed by atoms with E-state index >= 15 is 0 Å². The monoisotopic (exact) mass is 278 g/mol. The number of nitrogens with two attached hydrogens (primary N) is 1. The van der Waals surface area contributed by atoms with E-state index in [0.717, 1.165) is 17.7 Å². The molecule has 0 aliphatic heterocycles. The lowest BCUT2D eigenvalue weighted by Gasteiger charge is -2.12. The molecule has 1 heterocycles. The summed E-state index contributed by atoms with van der Waals surface area (Å²) < 4.78 is 0. The van der Waals surface area contributed by atoms with Gasteiger partial charge in [-0.15, -0.1) is 11.3 Å². The Morgan fingerprint density at radius 1 is 1.47 bits per heavy atom. The lowest BCUT2D eigenvalue weighted by molar-refractivity contribution is 0.0942. The molecule has 4 heteroatoms. The highest BCUT2D eigenvalue weighted by molar-refractivity contribution is 7.14. The predicted molar refractivity (Wildman–Crippen MR) is 81.3 cm³/mol. The van der Waals surface area contributed by atoms with E-state index in [1.165, 1.54) is 24.2 Å². The number of thiophene rings is 1. The van der Waals surface area contributed by atoms with E-state index in [2.05, 4.69) is 31.0 Å². The van der Waals surface area contributed by atoms with Crippen molar-refractivity contribution in [2.24, 2.45) is 5.73 Å². The van der Waals surface area contributed by atoms with Crippen LogP contribution in [-0.2, 0) is 0 Å². The third kappa shape index (κ3) is 5.91. The van der Waals surface area contributed by atoms with Crippen molar-refractivity contribution in [3.05, 3.63) is 21.9 Å². The number of rotatable bonds is 6. The highest BCUT2D eigenvalue weighted by atomic mass is 32.1. The van der Waals surface area contributed by atoms with Crippen molar-refractivity contribution in [1.82, 2.24) is 5.32 Å². The summed E-state index contributed by atoms with van der Waals surface area (Å²) in [6.45, 7) is 4.57. The summed E-state index contributed by atoms with van der Waals surface area (Å²) in [7, 11) is 0. The quantitative estimate of drug-likeness (QED) is 0.621. The Hall–Kier alpha value is -1.31. The first-order valence-corrected chi connectivity index (χ1v) is 7.58. The summed E-state index contributed by atoms with van der Waals surface area (Å²) in [5.41, 5.74) is 5.32. The molecule has 1 aromatic heterocycles. The second-order valence-corrected chi connectivity index (χ2v) is 5.62. The Morgan fingerprint density at radius 3 is 2.95 bits per heavy atom. The molecule has 0 bridgehead atoms. The minimum Gasteiger partial charge on any atom is -0.349 e. The zero-order valence-electron chi connectivity index (χ0n) is 11.7. The molecule has 1 atom stereocenters. The molecule has 1 amide bonds. The second kappa shape index (κ2) is 8.73. The van der Waals surface area contributed by atoms with Crippen LogP contribution in [0.5, 0.6) is 0 Å². The fourth-order valence-electron chi connectivity index (χ4n) is 1.73. The molecule has 0 spiro atoms. The first kappa shape index (κ1) is 15.7. The first-order valence-electron chi connectivity index (χ1n) is 6.77. The number of unbranched alkanes of at least 4 members (excludes halogenated alkanes) is 2. The molecule has 0 aliphatic carbocycles. The van der Waals surface area contributed by atoms with Gasteiger partial charge in [-0.05, 0) is 25.5 Å². The van der Waals surface area contributed by atoms with E-state index in [1.807, 2.05) is 12.1 Å². The summed E-state index contributed by atoms with van der Waals surface area (Å²) in [6.07, 6.45) is 4.62. The van der Waals surface area contributed by atoms with Crippen LogP contribution >= 0.6 is 11.3 Å². The minimum atomic E-state index is -0.00482. The van der Waals surface area contributed by atoms with Gasteiger partial charge < -0.3 is 11.1 Å². The van der Waals surface area contributed by atoms with E-state index in [-0.39, 0.29) is 11.9 Å². The van der Waals surface area contributed by atoms with E-state index in [0.29, 0.717) is 11.4 Å². The molecule has 0 aliphatic rings. The molecule has 3 nitrogen and oxygen atoms in total. The second-order valence-electron chi connectivity index (χ2n) is 4.54. The number of nitrogens with one attached hydrogen (secondary N) is 1. The minimum absolute atomic E-state index is 0.00482. The van der Waals surface area contributed by atoms with Gasteiger partial charge >= 0.3 is 0 Å². The van der Waals surface area contributed by atoms with Gasteiger partial charge in [0, 0.05) is 6.04 Å². The van der Waals surface area contributed by atoms with Gasteiger partial charge in [0.2, 0.25) is 0 Å². The summed E-state index contributed by atoms with van der Waals surface area (Å²) in [6, 6.07) is 3.91. The fourth-order valence-corrected chi connectivity index (χ4v) is 2.52. The average Bonchev–Trinajstić information content (AvgIpc) is 2.85. The van der Waals surface area contributed by atoms with E-state index in [1.54, 1.807) is 0 Å². The van der Waals surface area contributed by atoms with Gasteiger partial charge in [-0.3, -0.25) is 4.79 Å². The predicted octanol–water partition coefficient (Wildman–Crippen LogP) is 2.76. The average molecular weight is 278 g/mol. The summed E-state index contributed by atoms with van der Waals surface area (Å²) in [5.74, 6) is 5.72. The summed E-state index contributed by atoms with van der Waals surface area (Å²) in [4.78, 5) is 13.6. The normalized spacial score (nSPS) is 11.5. The number of carbonyl (C=O) groups is 1. The maximum absolute atomic E-state index is 12.0. The molecule has 0 fully saturated rings. The lowest BCUT2D eigenvalue weighted by atomic mass is 10.1. The third-order valence-corrected chi connectivity index (χ3v) is 3.76. The van der Waals surface area contributed by atoms with Crippen LogP contribution in [0.15, 0.2) is 12.1 Å². The van der Waals surface area contributed by atoms with Gasteiger partial charge in [0.15, 0.2) is 0 Å². The maximum Gasteiger partial charge on any atom is 0.261 e. The molecule has 1 rings (SSSR count). The summed E-state index contributed by atoms with van der Waals surface area (Å²) >= 11 is 1.41. The number of amides is 1. The molecule has 0 aromatic carbocycles. The van der Waals surface area contributed by atoms with Crippen LogP contribution in [0.1, 0.15) is 54.1 Å². The zero-order chi connectivity index (χ0) is 14.1. The van der Waals surface area contributed by atoms with Gasteiger partial charge in [0.05, 0.1) is 16.3 Å². The van der Waals surface area contributed by atoms with Crippen molar-refractivity contribution in [2.75, 3.05) is 6.54 Å². The van der Waals surface area contributed by atoms with E-state index in [4.69, 9.17) is 5.73 Å². The highest BCUT2D eigenvalue weighted by Crippen LogP contribution is 2.15. The van der Waals surface area contributed by atoms with Crippen molar-refractivity contribution in [1.29, 1.82) is 0 Å². The van der Waals surface area contributed by atoms with Crippen LogP contribution in [0.2, 0.25) is 0 Å². The van der Waals surface area contributed by atoms with Crippen LogP contribution in [0, 0.1) is 11.8 Å². The van der Waals surface area contributed by atoms with Crippen LogP contribution < -0.4 is 11.1 Å². The Morgan fingerprint density at radius 2 is 2.26 bits per heavy atom. The fraction of sp³-hybridized carbons (Fsp3) is 0.533. The van der Waals surface area contributed by atoms with Gasteiger partial charge in [-0.2, -0.15) is 0 Å². The van der Waals surface area contributed by atoms with E-state index in [9.17, 15) is 4.79 Å². The Kier molecular flexibility index (Phi) is 7.24. The smallest absolute Gasteiger partial charge is 0.261 e. The number of hydrogen-bond donors (Lipinski definition) is 2. The molecule has 0 radical (unpaired) electrons. The van der Waals surface area contributed by atoms with E-state index < -0.39 is 0 Å². The Bertz CT molecular complexity index is 456. The van der Waals surface area contributed by atoms with Crippen molar-refractivity contribution in [3.63, 3.8) is 0 Å². The topological polar surface area (TPSA) is 55.1 Å². The van der Waals surface area contributed by atoms with Gasteiger partial charge in [0.25, 0.3) is 5.91 Å². The molecular weight excluding hydrogens is 256 g/mol.